The summed E-state index contributed by atoms with van der Waals surface area (Å²) in [5, 5.41) is 10.7. The molecule has 0 bridgehead atoms. The van der Waals surface area contributed by atoms with Crippen molar-refractivity contribution in [1.29, 1.82) is 0 Å². The van der Waals surface area contributed by atoms with Crippen LogP contribution in [0.2, 0.25) is 0 Å². The summed E-state index contributed by atoms with van der Waals surface area (Å²) >= 11 is 1.69. The molecule has 2 aromatic heterocycles. The first-order chi connectivity index (χ1) is 11.7. The van der Waals surface area contributed by atoms with Crippen LogP contribution in [0.3, 0.4) is 0 Å². The Bertz CT molecular complexity index is 897. The number of hydrogen-bond donors (Lipinski definition) is 3. The Kier molecular flexibility index (Phi) is 4.02. The van der Waals surface area contributed by atoms with E-state index in [1.165, 1.54) is 11.3 Å². The molecule has 126 valence electrons. The molecule has 2 unspecified atom stereocenters. The average Bonchev–Trinajstić information content (AvgIpc) is 3.28. The first kappa shape index (κ1) is 15.3. The Morgan fingerprint density at radius 2 is 2.29 bits per heavy atom. The second-order valence-corrected chi connectivity index (χ2v) is 7.55. The highest BCUT2D eigenvalue weighted by Gasteiger charge is 2.28. The minimum Gasteiger partial charge on any atom is -0.493 e. The highest BCUT2D eigenvalue weighted by Crippen LogP contribution is 2.30. The quantitative estimate of drug-likeness (QED) is 0.663. The summed E-state index contributed by atoms with van der Waals surface area (Å²) in [6, 6.07) is 5.93. The smallest absolute Gasteiger partial charge is 0.271 e. The Balaban J connectivity index is 1.40. The highest BCUT2D eigenvalue weighted by molar-refractivity contribution is 7.15. The van der Waals surface area contributed by atoms with Crippen LogP contribution in [0.15, 0.2) is 29.2 Å². The van der Waals surface area contributed by atoms with E-state index in [-0.39, 0.29) is 5.56 Å². The first-order valence-corrected chi connectivity index (χ1v) is 9.03. The number of fused-ring (bicyclic) bond motifs is 1. The molecule has 0 amide bonds. The van der Waals surface area contributed by atoms with Crippen LogP contribution in [0.25, 0.3) is 10.9 Å². The number of thiazole rings is 1. The number of aromatic amines is 2. The van der Waals surface area contributed by atoms with Crippen molar-refractivity contribution in [2.45, 2.75) is 32.2 Å². The second kappa shape index (κ2) is 6.32. The number of ether oxygens (including phenoxy) is 1. The molecule has 3 N–H and O–H groups in total. The van der Waals surface area contributed by atoms with Gasteiger partial charge in [0, 0.05) is 29.1 Å². The second-order valence-electron chi connectivity index (χ2n) is 6.32. The topological polar surface area (TPSA) is 82.8 Å². The molecule has 1 aliphatic carbocycles. The van der Waals surface area contributed by atoms with Gasteiger partial charge in [0.2, 0.25) is 0 Å². The van der Waals surface area contributed by atoms with Crippen molar-refractivity contribution in [3.63, 3.8) is 0 Å². The lowest BCUT2D eigenvalue weighted by Crippen LogP contribution is -2.28. The van der Waals surface area contributed by atoms with Gasteiger partial charge in [-0.3, -0.25) is 15.0 Å². The minimum absolute atomic E-state index is 0.102. The molecular weight excluding hydrogens is 324 g/mol. The van der Waals surface area contributed by atoms with Crippen molar-refractivity contribution in [3.05, 3.63) is 39.6 Å². The summed E-state index contributed by atoms with van der Waals surface area (Å²) in [5.41, 5.74) is 0.673. The third kappa shape index (κ3) is 3.03. The molecule has 3 aromatic rings. The molecule has 0 radical (unpaired) electrons. The molecule has 1 saturated carbocycles. The Morgan fingerprint density at radius 1 is 1.38 bits per heavy atom. The number of benzene rings is 1. The number of H-pyrrole nitrogens is 2. The summed E-state index contributed by atoms with van der Waals surface area (Å²) in [5.74, 6) is 1.25. The Morgan fingerprint density at radius 3 is 3.12 bits per heavy atom. The fourth-order valence-electron chi connectivity index (χ4n) is 3.32. The van der Waals surface area contributed by atoms with Gasteiger partial charge in [0.1, 0.15) is 5.75 Å². The van der Waals surface area contributed by atoms with E-state index < -0.39 is 0 Å². The van der Waals surface area contributed by atoms with E-state index in [1.54, 1.807) is 17.4 Å². The predicted molar refractivity (Wildman–Crippen MR) is 96.0 cm³/mol. The number of nitrogens with zero attached hydrogens (tertiary/aromatic N) is 1. The van der Waals surface area contributed by atoms with E-state index in [0.29, 0.717) is 24.0 Å². The Hall–Kier alpha value is -2.28. The molecule has 0 spiro atoms. The number of aromatic nitrogens is 3. The maximum atomic E-state index is 11.5. The normalized spacial score (nSPS) is 20.5. The molecule has 24 heavy (non-hydrogen) atoms. The van der Waals surface area contributed by atoms with Crippen LogP contribution in [-0.2, 0) is 0 Å². The molecular formula is C17H20N4O2S. The highest BCUT2D eigenvalue weighted by atomic mass is 32.1. The third-order valence-corrected chi connectivity index (χ3v) is 5.44. The summed E-state index contributed by atoms with van der Waals surface area (Å²) < 4.78 is 5.99. The first-order valence-electron chi connectivity index (χ1n) is 8.21. The SMILES string of the molecule is Cc1cnc(NC2CCCC2COc2ccc3c(=O)[nH][nH]c3c2)s1. The van der Waals surface area contributed by atoms with Gasteiger partial charge < -0.3 is 10.1 Å². The zero-order chi connectivity index (χ0) is 16.5. The fourth-order valence-corrected chi connectivity index (χ4v) is 4.04. The number of nitrogens with one attached hydrogen (secondary N) is 3. The Labute approximate surface area is 143 Å². The molecule has 2 heterocycles. The van der Waals surface area contributed by atoms with Gasteiger partial charge in [0.05, 0.1) is 17.5 Å². The van der Waals surface area contributed by atoms with Crippen LogP contribution in [0.5, 0.6) is 5.75 Å². The van der Waals surface area contributed by atoms with E-state index >= 15 is 0 Å². The maximum absolute atomic E-state index is 11.5. The van der Waals surface area contributed by atoms with Crippen molar-refractivity contribution < 1.29 is 4.74 Å². The molecule has 0 aliphatic heterocycles. The van der Waals surface area contributed by atoms with Gasteiger partial charge in [-0.15, -0.1) is 11.3 Å². The molecule has 1 aliphatic rings. The summed E-state index contributed by atoms with van der Waals surface area (Å²) in [7, 11) is 0. The third-order valence-electron chi connectivity index (χ3n) is 4.60. The van der Waals surface area contributed by atoms with Crippen LogP contribution in [-0.4, -0.2) is 27.8 Å². The van der Waals surface area contributed by atoms with Crippen LogP contribution in [0.1, 0.15) is 24.1 Å². The lowest BCUT2D eigenvalue weighted by molar-refractivity contribution is 0.244. The number of anilines is 1. The van der Waals surface area contributed by atoms with Gasteiger partial charge in [0.25, 0.3) is 5.56 Å². The van der Waals surface area contributed by atoms with Crippen molar-refractivity contribution in [1.82, 2.24) is 15.2 Å². The summed E-state index contributed by atoms with van der Waals surface area (Å²) in [6.45, 7) is 2.74. The molecule has 7 heteroatoms. The monoisotopic (exact) mass is 344 g/mol. The molecule has 0 saturated heterocycles. The van der Waals surface area contributed by atoms with Gasteiger partial charge in [-0.1, -0.05) is 6.42 Å². The van der Waals surface area contributed by atoms with Crippen molar-refractivity contribution in [3.8, 4) is 5.75 Å². The van der Waals surface area contributed by atoms with Crippen LogP contribution >= 0.6 is 11.3 Å². The predicted octanol–water partition coefficient (Wildman–Crippen LogP) is 3.28. The van der Waals surface area contributed by atoms with Crippen LogP contribution in [0.4, 0.5) is 5.13 Å². The molecule has 1 aromatic carbocycles. The average molecular weight is 344 g/mol. The standard InChI is InChI=1S/C17H20N4O2S/c1-10-8-18-17(24-10)19-14-4-2-3-11(14)9-23-12-5-6-13-15(7-12)20-21-16(13)22/h5-8,11,14H,2-4,9H2,1H3,(H,18,19)(H2,20,21,22). The van der Waals surface area contributed by atoms with E-state index in [2.05, 4.69) is 27.4 Å². The molecule has 1 fully saturated rings. The van der Waals surface area contributed by atoms with Gasteiger partial charge in [-0.2, -0.15) is 0 Å². The van der Waals surface area contributed by atoms with Crippen molar-refractivity contribution in [2.24, 2.45) is 5.92 Å². The summed E-state index contributed by atoms with van der Waals surface area (Å²) in [6.07, 6.45) is 5.42. The molecule has 6 nitrogen and oxygen atoms in total. The van der Waals surface area contributed by atoms with E-state index in [0.717, 1.165) is 29.2 Å². The number of hydrogen-bond acceptors (Lipinski definition) is 5. The molecule has 4 rings (SSSR count). The van der Waals surface area contributed by atoms with E-state index in [1.807, 2.05) is 18.3 Å². The van der Waals surface area contributed by atoms with Crippen LogP contribution in [0, 0.1) is 12.8 Å². The maximum Gasteiger partial charge on any atom is 0.271 e. The summed E-state index contributed by atoms with van der Waals surface area (Å²) in [4.78, 5) is 17.2. The van der Waals surface area contributed by atoms with Gasteiger partial charge in [-0.25, -0.2) is 4.98 Å². The zero-order valence-electron chi connectivity index (χ0n) is 13.5. The van der Waals surface area contributed by atoms with Crippen molar-refractivity contribution in [2.75, 3.05) is 11.9 Å². The van der Waals surface area contributed by atoms with Crippen molar-refractivity contribution >= 4 is 27.4 Å². The lowest BCUT2D eigenvalue weighted by atomic mass is 10.1. The largest absolute Gasteiger partial charge is 0.493 e. The van der Waals surface area contributed by atoms with Gasteiger partial charge >= 0.3 is 0 Å². The van der Waals surface area contributed by atoms with E-state index in [4.69, 9.17) is 4.74 Å². The number of aryl methyl sites for hydroxylation is 1. The van der Waals surface area contributed by atoms with Crippen LogP contribution < -0.4 is 15.6 Å². The zero-order valence-corrected chi connectivity index (χ0v) is 14.3. The van der Waals surface area contributed by atoms with Gasteiger partial charge in [0.15, 0.2) is 5.13 Å². The number of rotatable bonds is 5. The minimum atomic E-state index is -0.102. The molecule has 2 atom stereocenters. The van der Waals surface area contributed by atoms with Gasteiger partial charge in [-0.05, 0) is 31.9 Å². The fraction of sp³-hybridized carbons (Fsp3) is 0.412. The lowest BCUT2D eigenvalue weighted by Gasteiger charge is -2.21. The van der Waals surface area contributed by atoms with E-state index in [9.17, 15) is 4.79 Å².